The molecule has 0 amide bonds. The first-order valence-electron chi connectivity index (χ1n) is 20.9. The van der Waals surface area contributed by atoms with Crippen LogP contribution in [0.3, 0.4) is 0 Å². The molecule has 0 saturated heterocycles. The molecular formula is C56H37BOS2Si. The van der Waals surface area contributed by atoms with Crippen LogP contribution >= 0.6 is 23.5 Å². The average molecular weight is 829 g/mol. The second kappa shape index (κ2) is 14.7. The van der Waals surface area contributed by atoms with Crippen molar-refractivity contribution in [1.29, 1.82) is 0 Å². The highest BCUT2D eigenvalue weighted by molar-refractivity contribution is 8.01. The zero-order valence-electron chi connectivity index (χ0n) is 33.2. The van der Waals surface area contributed by atoms with Gasteiger partial charge in [0.25, 0.3) is 0 Å². The highest BCUT2D eigenvalue weighted by Crippen LogP contribution is 2.43. The molecule has 0 aromatic heterocycles. The van der Waals surface area contributed by atoms with Gasteiger partial charge in [-0.2, -0.15) is 0 Å². The molecule has 0 radical (unpaired) electrons. The Morgan fingerprint density at radius 2 is 0.934 bits per heavy atom. The average Bonchev–Trinajstić information content (AvgIpc) is 3.33. The molecule has 0 aliphatic carbocycles. The molecule has 3 aliphatic rings. The zero-order chi connectivity index (χ0) is 40.5. The van der Waals surface area contributed by atoms with E-state index in [1.807, 2.05) is 66.0 Å². The number of rotatable bonds is 6. The topological polar surface area (TPSA) is 17.1 Å². The molecule has 0 fully saturated rings. The van der Waals surface area contributed by atoms with E-state index in [0.29, 0.717) is 11.1 Å². The lowest BCUT2D eigenvalue weighted by Gasteiger charge is -2.43. The van der Waals surface area contributed by atoms with Crippen LogP contribution < -0.4 is 37.1 Å². The molecule has 0 atom stereocenters. The largest absolute Gasteiger partial charge is 0.289 e. The summed E-state index contributed by atoms with van der Waals surface area (Å²) < 4.78 is 0. The molecule has 9 aromatic carbocycles. The number of ketones is 1. The summed E-state index contributed by atoms with van der Waals surface area (Å²) in [5, 5.41) is 5.76. The van der Waals surface area contributed by atoms with Crippen molar-refractivity contribution in [3.63, 3.8) is 0 Å². The summed E-state index contributed by atoms with van der Waals surface area (Å²) in [7, 11) is -2.67. The molecule has 0 N–H and O–H groups in total. The van der Waals surface area contributed by atoms with E-state index in [9.17, 15) is 4.79 Å². The molecule has 9 aromatic rings. The molecule has 61 heavy (non-hydrogen) atoms. The molecule has 12 rings (SSSR count). The minimum Gasteiger partial charge on any atom is -0.289 e. The van der Waals surface area contributed by atoms with Crippen LogP contribution in [0.25, 0.3) is 11.1 Å². The smallest absolute Gasteiger partial charge is 0.247 e. The van der Waals surface area contributed by atoms with Gasteiger partial charge in [-0.1, -0.05) is 229 Å². The molecule has 0 saturated carbocycles. The first-order chi connectivity index (χ1) is 30.2. The molecule has 0 spiro atoms. The van der Waals surface area contributed by atoms with E-state index < -0.39 is 8.07 Å². The van der Waals surface area contributed by atoms with Crippen LogP contribution in [-0.4, -0.2) is 20.6 Å². The van der Waals surface area contributed by atoms with Gasteiger partial charge in [-0.15, -0.1) is 0 Å². The van der Waals surface area contributed by atoms with Crippen molar-refractivity contribution in [3.8, 4) is 11.1 Å². The molecule has 3 heterocycles. The SMILES string of the molecule is O=C(c1ccccc1)c1ccc(-c2cc3c4c(c2)Sc2cc(C5c6ccccc6[Si](c6ccccc6)(c6ccccc6)c6ccccc65)ccc2B4c2ccccc2S3)cc1. The van der Waals surface area contributed by atoms with Crippen LogP contribution in [0.1, 0.15) is 38.5 Å². The monoisotopic (exact) mass is 828 g/mol. The lowest BCUT2D eigenvalue weighted by molar-refractivity contribution is 0.103. The fraction of sp³-hybridized carbons (Fsp3) is 0.0179. The molecule has 1 nitrogen and oxygen atoms in total. The van der Waals surface area contributed by atoms with Crippen LogP contribution in [0.4, 0.5) is 0 Å². The van der Waals surface area contributed by atoms with E-state index in [4.69, 9.17) is 0 Å². The fourth-order valence-electron chi connectivity index (χ4n) is 10.4. The van der Waals surface area contributed by atoms with Crippen molar-refractivity contribution < 1.29 is 4.79 Å². The van der Waals surface area contributed by atoms with Gasteiger partial charge < -0.3 is 0 Å². The van der Waals surface area contributed by atoms with E-state index >= 15 is 0 Å². The van der Waals surface area contributed by atoms with E-state index in [-0.39, 0.29) is 18.4 Å². The Kier molecular flexibility index (Phi) is 8.77. The predicted octanol–water partition coefficient (Wildman–Crippen LogP) is 8.90. The van der Waals surface area contributed by atoms with E-state index in [0.717, 1.165) is 5.56 Å². The van der Waals surface area contributed by atoms with Crippen molar-refractivity contribution in [3.05, 3.63) is 246 Å². The van der Waals surface area contributed by atoms with E-state index in [1.54, 1.807) is 0 Å². The summed E-state index contributed by atoms with van der Waals surface area (Å²) >= 11 is 3.80. The Morgan fingerprint density at radius 1 is 0.426 bits per heavy atom. The summed E-state index contributed by atoms with van der Waals surface area (Å²) in [6, 6.07) is 80.0. The van der Waals surface area contributed by atoms with Gasteiger partial charge in [-0.05, 0) is 78.3 Å². The lowest BCUT2D eigenvalue weighted by atomic mass is 9.36. The van der Waals surface area contributed by atoms with Crippen molar-refractivity contribution in [2.24, 2.45) is 0 Å². The van der Waals surface area contributed by atoms with Crippen molar-refractivity contribution >= 4 is 81.2 Å². The lowest BCUT2D eigenvalue weighted by Crippen LogP contribution is -2.77. The maximum Gasteiger partial charge on any atom is 0.247 e. The Balaban J connectivity index is 1.00. The van der Waals surface area contributed by atoms with Gasteiger partial charge in [0.15, 0.2) is 13.9 Å². The van der Waals surface area contributed by atoms with Gasteiger partial charge in [0.05, 0.1) is 0 Å². The third kappa shape index (κ3) is 5.75. The van der Waals surface area contributed by atoms with Gasteiger partial charge in [0.1, 0.15) is 0 Å². The van der Waals surface area contributed by atoms with Crippen molar-refractivity contribution in [1.82, 2.24) is 0 Å². The van der Waals surface area contributed by atoms with Gasteiger partial charge in [-0.3, -0.25) is 4.79 Å². The molecular weight excluding hydrogens is 792 g/mol. The first kappa shape index (κ1) is 36.5. The Hall–Kier alpha value is -6.37. The highest BCUT2D eigenvalue weighted by Gasteiger charge is 2.49. The minimum atomic E-state index is -2.67. The van der Waals surface area contributed by atoms with Crippen LogP contribution in [0.5, 0.6) is 0 Å². The van der Waals surface area contributed by atoms with Gasteiger partial charge in [-0.25, -0.2) is 0 Å². The normalized spacial score (nSPS) is 14.2. The minimum absolute atomic E-state index is 0.0435. The number of benzene rings is 9. The summed E-state index contributed by atoms with van der Waals surface area (Å²) in [5.74, 6) is 0.128. The van der Waals surface area contributed by atoms with E-state index in [2.05, 4.69) is 176 Å². The number of carbonyl (C=O) groups is 1. The molecule has 0 bridgehead atoms. The quantitative estimate of drug-likeness (QED) is 0.123. The maximum absolute atomic E-state index is 13.3. The third-order valence-corrected chi connectivity index (χ3v) is 20.2. The van der Waals surface area contributed by atoms with Crippen LogP contribution in [0.2, 0.25) is 0 Å². The summed E-state index contributed by atoms with van der Waals surface area (Å²) in [5.41, 5.74) is 12.0. The highest BCUT2D eigenvalue weighted by atomic mass is 32.2. The summed E-state index contributed by atoms with van der Waals surface area (Å²) in [6.07, 6.45) is 0. The second-order valence-corrected chi connectivity index (χ2v) is 22.1. The molecule has 3 aliphatic heterocycles. The number of carbonyl (C=O) groups excluding carboxylic acids is 1. The Morgan fingerprint density at radius 3 is 1.57 bits per heavy atom. The first-order valence-corrected chi connectivity index (χ1v) is 24.6. The van der Waals surface area contributed by atoms with Gasteiger partial charge in [0, 0.05) is 36.6 Å². The van der Waals surface area contributed by atoms with Crippen LogP contribution in [0, 0.1) is 0 Å². The molecule has 0 unspecified atom stereocenters. The van der Waals surface area contributed by atoms with Crippen molar-refractivity contribution in [2.75, 3.05) is 0 Å². The number of hydrogen-bond donors (Lipinski definition) is 0. The number of hydrogen-bond acceptors (Lipinski definition) is 3. The predicted molar refractivity (Wildman–Crippen MR) is 259 cm³/mol. The van der Waals surface area contributed by atoms with Gasteiger partial charge in [0.2, 0.25) is 6.71 Å². The summed E-state index contributed by atoms with van der Waals surface area (Å²) in [4.78, 5) is 18.5. The third-order valence-electron chi connectivity index (χ3n) is 13.0. The molecule has 286 valence electrons. The molecule has 5 heteroatoms. The summed E-state index contributed by atoms with van der Waals surface area (Å²) in [6.45, 7) is 0.148. The van der Waals surface area contributed by atoms with Gasteiger partial charge >= 0.3 is 0 Å². The Bertz CT molecular complexity index is 3080. The maximum atomic E-state index is 13.3. The zero-order valence-corrected chi connectivity index (χ0v) is 35.8. The van der Waals surface area contributed by atoms with Crippen LogP contribution in [0.15, 0.2) is 238 Å². The fourth-order valence-corrected chi connectivity index (χ4v) is 18.2. The Labute approximate surface area is 366 Å². The van der Waals surface area contributed by atoms with Crippen molar-refractivity contribution in [2.45, 2.75) is 25.5 Å². The second-order valence-electron chi connectivity index (χ2n) is 16.2. The number of fused-ring (bicyclic) bond motifs is 6. The van der Waals surface area contributed by atoms with Crippen LogP contribution in [-0.2, 0) is 0 Å². The standard InChI is InChI=1S/C56H37BOS2Si/c58-56(38-16-4-1-5-17-38)39-30-28-37(29-31-39)41-35-50-55-51(36-41)60-49-34-40(32-33-47(49)57(55)46-24-12-13-25-48(46)59-50)54-44-22-10-14-26-52(44)61(42-18-6-2-7-19-42,43-20-8-3-9-21-43)53-27-15-11-23-45(53)54/h1-36,54H. The van der Waals surface area contributed by atoms with E-state index in [1.165, 1.54) is 79.0 Å².